The molecule has 0 unspecified atom stereocenters. The molecule has 0 fully saturated rings. The average Bonchev–Trinajstić information content (AvgIpc) is 3.19. The Labute approximate surface area is 154 Å². The predicted octanol–water partition coefficient (Wildman–Crippen LogP) is 3.11. The van der Waals surface area contributed by atoms with Crippen molar-refractivity contribution in [2.24, 2.45) is 0 Å². The van der Waals surface area contributed by atoms with Gasteiger partial charge in [0.1, 0.15) is 23.1 Å². The number of hydrogen-bond acceptors (Lipinski definition) is 7. The van der Waals surface area contributed by atoms with E-state index in [1.807, 2.05) is 6.92 Å². The van der Waals surface area contributed by atoms with Gasteiger partial charge in [-0.3, -0.25) is 0 Å². The van der Waals surface area contributed by atoms with Crippen molar-refractivity contribution in [3.05, 3.63) is 23.1 Å². The Bertz CT molecular complexity index is 1050. The Morgan fingerprint density at radius 1 is 1.35 bits per heavy atom. The molecule has 0 radical (unpaired) electrons. The third kappa shape index (κ3) is 3.01. The third-order valence-electron chi connectivity index (χ3n) is 3.76. The lowest BCUT2D eigenvalue weighted by Gasteiger charge is -2.15. The van der Waals surface area contributed by atoms with Crippen LogP contribution in [0.5, 0.6) is 0 Å². The Morgan fingerprint density at radius 2 is 2.12 bits per heavy atom. The molecule has 0 spiro atoms. The fourth-order valence-corrected chi connectivity index (χ4v) is 2.54. The van der Waals surface area contributed by atoms with Crippen molar-refractivity contribution in [1.82, 2.24) is 24.7 Å². The molecule has 0 atom stereocenters. The number of aromatic amines is 1. The maximum absolute atomic E-state index is 9.24. The minimum Gasteiger partial charge on any atom is -0.370 e. The Morgan fingerprint density at radius 3 is 2.77 bits per heavy atom. The smallest absolute Gasteiger partial charge is 0.231 e. The van der Waals surface area contributed by atoms with Gasteiger partial charge in [-0.1, -0.05) is 11.6 Å². The first kappa shape index (κ1) is 17.5. The standard InChI is InChI=1S/C16H16ClN9/c1-4-20-13-11-9(5-18)6-21-14(11)24-15(23-13)22-10-7-26(25-12(10)17)16(2,3)8-19/h6-7H,4H2,1-3H3,(H3,20,21,22,23,24). The van der Waals surface area contributed by atoms with Gasteiger partial charge in [-0.2, -0.15) is 25.6 Å². The second-order valence-electron chi connectivity index (χ2n) is 6.04. The predicted molar refractivity (Wildman–Crippen MR) is 98.2 cm³/mol. The first-order chi connectivity index (χ1) is 12.4. The molecule has 3 N–H and O–H groups in total. The summed E-state index contributed by atoms with van der Waals surface area (Å²) in [5, 5.41) is 29.6. The van der Waals surface area contributed by atoms with Crippen LogP contribution in [0.15, 0.2) is 12.4 Å². The summed E-state index contributed by atoms with van der Waals surface area (Å²) < 4.78 is 1.48. The van der Waals surface area contributed by atoms with Crippen molar-refractivity contribution in [2.75, 3.05) is 17.2 Å². The highest BCUT2D eigenvalue weighted by Gasteiger charge is 2.23. The highest BCUT2D eigenvalue weighted by Crippen LogP contribution is 2.29. The van der Waals surface area contributed by atoms with Gasteiger partial charge in [-0.05, 0) is 20.8 Å². The van der Waals surface area contributed by atoms with Crippen LogP contribution in [0.25, 0.3) is 11.0 Å². The van der Waals surface area contributed by atoms with Crippen LogP contribution in [0.2, 0.25) is 5.15 Å². The lowest BCUT2D eigenvalue weighted by atomic mass is 10.1. The van der Waals surface area contributed by atoms with E-state index in [2.05, 4.69) is 42.8 Å². The molecular formula is C16H16ClN9. The zero-order chi connectivity index (χ0) is 18.9. The largest absolute Gasteiger partial charge is 0.370 e. The zero-order valence-corrected chi connectivity index (χ0v) is 15.2. The molecule has 0 aliphatic rings. The van der Waals surface area contributed by atoms with Crippen molar-refractivity contribution >= 4 is 40.1 Å². The van der Waals surface area contributed by atoms with E-state index in [0.717, 1.165) is 0 Å². The molecule has 3 aromatic heterocycles. The highest BCUT2D eigenvalue weighted by molar-refractivity contribution is 6.32. The highest BCUT2D eigenvalue weighted by atomic mass is 35.5. The molecule has 3 heterocycles. The van der Waals surface area contributed by atoms with Crippen LogP contribution in [0, 0.1) is 22.7 Å². The molecule has 9 nitrogen and oxygen atoms in total. The minimum atomic E-state index is -0.843. The zero-order valence-electron chi connectivity index (χ0n) is 14.4. The van der Waals surface area contributed by atoms with E-state index < -0.39 is 5.54 Å². The van der Waals surface area contributed by atoms with E-state index >= 15 is 0 Å². The SMILES string of the molecule is CCNc1nc(Nc2cn(C(C)(C)C#N)nc2Cl)nc2[nH]cc(C#N)c12. The number of rotatable bonds is 5. The van der Waals surface area contributed by atoms with Crippen molar-refractivity contribution in [2.45, 2.75) is 26.3 Å². The van der Waals surface area contributed by atoms with Crippen molar-refractivity contribution in [1.29, 1.82) is 10.5 Å². The summed E-state index contributed by atoms with van der Waals surface area (Å²) in [5.74, 6) is 0.828. The molecule has 0 amide bonds. The number of hydrogen-bond donors (Lipinski definition) is 3. The number of nitrogens with one attached hydrogen (secondary N) is 3. The van der Waals surface area contributed by atoms with Crippen LogP contribution >= 0.6 is 11.6 Å². The van der Waals surface area contributed by atoms with Gasteiger partial charge in [0.25, 0.3) is 0 Å². The lowest BCUT2D eigenvalue weighted by molar-refractivity contribution is 0.419. The quantitative estimate of drug-likeness (QED) is 0.629. The fraction of sp³-hybridized carbons (Fsp3) is 0.312. The average molecular weight is 370 g/mol. The summed E-state index contributed by atoms with van der Waals surface area (Å²) in [4.78, 5) is 11.8. The van der Waals surface area contributed by atoms with Crippen molar-refractivity contribution in [3.63, 3.8) is 0 Å². The molecular weight excluding hydrogens is 354 g/mol. The van der Waals surface area contributed by atoms with Gasteiger partial charge < -0.3 is 15.6 Å². The van der Waals surface area contributed by atoms with Gasteiger partial charge in [0.2, 0.25) is 5.95 Å². The van der Waals surface area contributed by atoms with Gasteiger partial charge in [-0.15, -0.1) is 0 Å². The number of nitriles is 2. The monoisotopic (exact) mass is 369 g/mol. The maximum atomic E-state index is 9.24. The second kappa shape index (κ2) is 6.54. The van der Waals surface area contributed by atoms with E-state index in [0.29, 0.717) is 34.6 Å². The van der Waals surface area contributed by atoms with Gasteiger partial charge in [0, 0.05) is 12.7 Å². The second-order valence-corrected chi connectivity index (χ2v) is 6.40. The number of H-pyrrole nitrogens is 1. The van der Waals surface area contributed by atoms with Crippen LogP contribution in [0.4, 0.5) is 17.5 Å². The number of aromatic nitrogens is 5. The van der Waals surface area contributed by atoms with E-state index in [9.17, 15) is 10.5 Å². The maximum Gasteiger partial charge on any atom is 0.231 e. The van der Waals surface area contributed by atoms with E-state index in [-0.39, 0.29) is 11.1 Å². The molecule has 0 aliphatic heterocycles. The molecule has 3 aromatic rings. The summed E-state index contributed by atoms with van der Waals surface area (Å²) >= 11 is 6.18. The molecule has 10 heteroatoms. The molecule has 26 heavy (non-hydrogen) atoms. The number of fused-ring (bicyclic) bond motifs is 1. The summed E-state index contributed by atoms with van der Waals surface area (Å²) in [6.45, 7) is 6.03. The van der Waals surface area contributed by atoms with Crippen molar-refractivity contribution in [3.8, 4) is 12.1 Å². The number of nitrogens with zero attached hydrogens (tertiary/aromatic N) is 6. The number of halogens is 1. The van der Waals surface area contributed by atoms with E-state index in [1.165, 1.54) is 4.68 Å². The van der Waals surface area contributed by atoms with Gasteiger partial charge in [0.15, 0.2) is 5.15 Å². The van der Waals surface area contributed by atoms with Crippen molar-refractivity contribution < 1.29 is 0 Å². The summed E-state index contributed by atoms with van der Waals surface area (Å²) in [6.07, 6.45) is 3.21. The van der Waals surface area contributed by atoms with Crippen LogP contribution < -0.4 is 10.6 Å². The van der Waals surface area contributed by atoms with Crippen LogP contribution in [-0.4, -0.2) is 31.3 Å². The molecule has 0 saturated carbocycles. The normalized spacial score (nSPS) is 11.2. The Balaban J connectivity index is 2.03. The molecule has 3 rings (SSSR count). The lowest BCUT2D eigenvalue weighted by Crippen LogP contribution is -2.24. The molecule has 132 valence electrons. The minimum absolute atomic E-state index is 0.200. The third-order valence-corrected chi connectivity index (χ3v) is 4.04. The molecule has 0 aromatic carbocycles. The van der Waals surface area contributed by atoms with Gasteiger partial charge in [0.05, 0.1) is 28.9 Å². The summed E-state index contributed by atoms with van der Waals surface area (Å²) in [7, 11) is 0. The molecule has 0 saturated heterocycles. The van der Waals surface area contributed by atoms with Crippen LogP contribution in [-0.2, 0) is 5.54 Å². The fourth-order valence-electron chi connectivity index (χ4n) is 2.37. The Kier molecular flexibility index (Phi) is 4.41. The van der Waals surface area contributed by atoms with Crippen LogP contribution in [0.1, 0.15) is 26.3 Å². The van der Waals surface area contributed by atoms with Gasteiger partial charge >= 0.3 is 0 Å². The number of anilines is 3. The Hall–Kier alpha value is -3.30. The molecule has 0 bridgehead atoms. The first-order valence-electron chi connectivity index (χ1n) is 7.86. The topological polar surface area (TPSA) is 131 Å². The van der Waals surface area contributed by atoms with Crippen LogP contribution in [0.3, 0.4) is 0 Å². The molecule has 0 aliphatic carbocycles. The van der Waals surface area contributed by atoms with E-state index in [1.54, 1.807) is 26.2 Å². The van der Waals surface area contributed by atoms with E-state index in [4.69, 9.17) is 11.6 Å². The summed E-state index contributed by atoms with van der Waals surface area (Å²) in [5.41, 5.74) is 0.619. The first-order valence-corrected chi connectivity index (χ1v) is 8.24. The van der Waals surface area contributed by atoms with Gasteiger partial charge in [-0.25, -0.2) is 4.68 Å². The summed E-state index contributed by atoms with van der Waals surface area (Å²) in [6, 6.07) is 4.28.